The van der Waals surface area contributed by atoms with Gasteiger partial charge in [-0.25, -0.2) is 0 Å². The van der Waals surface area contributed by atoms with E-state index < -0.39 is 0 Å². The number of hydrogen-bond donors (Lipinski definition) is 2. The monoisotopic (exact) mass is 248 g/mol. The van der Waals surface area contributed by atoms with Crippen molar-refractivity contribution < 1.29 is 9.53 Å². The maximum absolute atomic E-state index is 11.4. The van der Waals surface area contributed by atoms with Crippen LogP contribution in [0.4, 0.5) is 5.69 Å². The zero-order chi connectivity index (χ0) is 13.3. The zero-order valence-corrected chi connectivity index (χ0v) is 11.2. The SMILES string of the molecule is CC(C)(C)c1cc(CCN)c2c(c1)NC(=O)CO2. The average Bonchev–Trinajstić information content (AvgIpc) is 2.27. The van der Waals surface area contributed by atoms with E-state index in [2.05, 4.69) is 32.2 Å². The fourth-order valence-corrected chi connectivity index (χ4v) is 2.05. The molecule has 0 unspecified atom stereocenters. The van der Waals surface area contributed by atoms with E-state index >= 15 is 0 Å². The van der Waals surface area contributed by atoms with Crippen molar-refractivity contribution in [1.82, 2.24) is 0 Å². The first-order valence-corrected chi connectivity index (χ1v) is 6.22. The van der Waals surface area contributed by atoms with Crippen LogP contribution >= 0.6 is 0 Å². The minimum absolute atomic E-state index is 0.0283. The number of anilines is 1. The Kier molecular flexibility index (Phi) is 3.30. The van der Waals surface area contributed by atoms with E-state index in [1.807, 2.05) is 6.07 Å². The lowest BCUT2D eigenvalue weighted by molar-refractivity contribution is -0.118. The molecule has 0 aliphatic carbocycles. The van der Waals surface area contributed by atoms with Gasteiger partial charge in [0, 0.05) is 0 Å². The molecule has 0 saturated heterocycles. The van der Waals surface area contributed by atoms with Crippen LogP contribution < -0.4 is 15.8 Å². The third-order valence-corrected chi connectivity index (χ3v) is 3.07. The number of fused-ring (bicyclic) bond motifs is 1. The molecule has 98 valence electrons. The van der Waals surface area contributed by atoms with E-state index in [1.165, 1.54) is 5.56 Å². The number of benzene rings is 1. The molecule has 1 aromatic rings. The number of hydrogen-bond acceptors (Lipinski definition) is 3. The number of amides is 1. The summed E-state index contributed by atoms with van der Waals surface area (Å²) in [4.78, 5) is 11.4. The van der Waals surface area contributed by atoms with E-state index in [-0.39, 0.29) is 17.9 Å². The number of carbonyl (C=O) groups excluding carboxylic acids is 1. The van der Waals surface area contributed by atoms with Crippen molar-refractivity contribution in [3.63, 3.8) is 0 Å². The molecule has 18 heavy (non-hydrogen) atoms. The lowest BCUT2D eigenvalue weighted by atomic mass is 9.85. The third-order valence-electron chi connectivity index (χ3n) is 3.07. The highest BCUT2D eigenvalue weighted by Crippen LogP contribution is 2.37. The van der Waals surface area contributed by atoms with Gasteiger partial charge in [-0.2, -0.15) is 0 Å². The predicted molar refractivity (Wildman–Crippen MR) is 72.0 cm³/mol. The van der Waals surface area contributed by atoms with E-state index in [0.717, 1.165) is 23.4 Å². The molecule has 2 rings (SSSR count). The maximum atomic E-state index is 11.4. The topological polar surface area (TPSA) is 64.3 Å². The number of rotatable bonds is 2. The van der Waals surface area contributed by atoms with Crippen molar-refractivity contribution in [2.75, 3.05) is 18.5 Å². The predicted octanol–water partition coefficient (Wildman–Crippen LogP) is 1.82. The van der Waals surface area contributed by atoms with Crippen LogP contribution in [-0.4, -0.2) is 19.1 Å². The molecule has 0 atom stereocenters. The van der Waals surface area contributed by atoms with Crippen LogP contribution in [0, 0.1) is 0 Å². The van der Waals surface area contributed by atoms with E-state index in [1.54, 1.807) is 0 Å². The molecule has 4 nitrogen and oxygen atoms in total. The quantitative estimate of drug-likeness (QED) is 0.839. The van der Waals surface area contributed by atoms with E-state index in [9.17, 15) is 4.79 Å². The van der Waals surface area contributed by atoms with Gasteiger partial charge in [0.2, 0.25) is 0 Å². The fraction of sp³-hybridized carbons (Fsp3) is 0.500. The third kappa shape index (κ3) is 2.48. The molecule has 0 saturated carbocycles. The molecular formula is C14H20N2O2. The Morgan fingerprint density at radius 1 is 1.39 bits per heavy atom. The molecule has 0 spiro atoms. The molecule has 1 aromatic carbocycles. The Balaban J connectivity index is 2.51. The highest BCUT2D eigenvalue weighted by molar-refractivity contribution is 5.95. The minimum Gasteiger partial charge on any atom is -0.481 e. The lowest BCUT2D eigenvalue weighted by Crippen LogP contribution is -2.27. The summed E-state index contributed by atoms with van der Waals surface area (Å²) in [6.07, 6.45) is 0.752. The van der Waals surface area contributed by atoms with Gasteiger partial charge in [-0.05, 0) is 35.6 Å². The standard InChI is InChI=1S/C14H20N2O2/c1-14(2,3)10-6-9(4-5-15)13-11(7-10)16-12(17)8-18-13/h6-7H,4-5,8,15H2,1-3H3,(H,16,17). The molecule has 1 aliphatic rings. The highest BCUT2D eigenvalue weighted by Gasteiger charge is 2.23. The first-order valence-electron chi connectivity index (χ1n) is 6.22. The van der Waals surface area contributed by atoms with Crippen LogP contribution in [0.2, 0.25) is 0 Å². The van der Waals surface area contributed by atoms with Crippen LogP contribution in [0.1, 0.15) is 31.9 Å². The summed E-state index contributed by atoms with van der Waals surface area (Å²) in [5, 5.41) is 2.87. The average molecular weight is 248 g/mol. The van der Waals surface area contributed by atoms with Gasteiger partial charge in [0.15, 0.2) is 6.61 Å². The smallest absolute Gasteiger partial charge is 0.262 e. The van der Waals surface area contributed by atoms with Crippen LogP contribution in [0.3, 0.4) is 0 Å². The fourth-order valence-electron chi connectivity index (χ4n) is 2.05. The van der Waals surface area contributed by atoms with Gasteiger partial charge >= 0.3 is 0 Å². The van der Waals surface area contributed by atoms with Crippen molar-refractivity contribution in [1.29, 1.82) is 0 Å². The number of nitrogens with two attached hydrogens (primary N) is 1. The summed E-state index contributed by atoms with van der Waals surface area (Å²) in [6, 6.07) is 4.12. The second-order valence-electron chi connectivity index (χ2n) is 5.64. The van der Waals surface area contributed by atoms with Crippen LogP contribution in [0.5, 0.6) is 5.75 Å². The largest absolute Gasteiger partial charge is 0.481 e. The zero-order valence-electron chi connectivity index (χ0n) is 11.2. The van der Waals surface area contributed by atoms with Crippen molar-refractivity contribution in [3.05, 3.63) is 23.3 Å². The van der Waals surface area contributed by atoms with Crippen molar-refractivity contribution in [2.24, 2.45) is 5.73 Å². The van der Waals surface area contributed by atoms with Crippen LogP contribution in [0.25, 0.3) is 0 Å². The summed E-state index contributed by atoms with van der Waals surface area (Å²) in [6.45, 7) is 7.09. The second kappa shape index (κ2) is 4.61. The number of carbonyl (C=O) groups is 1. The van der Waals surface area contributed by atoms with Gasteiger partial charge in [0.25, 0.3) is 5.91 Å². The van der Waals surface area contributed by atoms with Gasteiger partial charge in [-0.15, -0.1) is 0 Å². The first-order chi connectivity index (χ1) is 8.41. The molecule has 0 aromatic heterocycles. The molecule has 0 fully saturated rings. The van der Waals surface area contributed by atoms with E-state index in [4.69, 9.17) is 10.5 Å². The molecule has 0 radical (unpaired) electrons. The van der Waals surface area contributed by atoms with Gasteiger partial charge in [-0.1, -0.05) is 26.8 Å². The van der Waals surface area contributed by atoms with Crippen molar-refractivity contribution in [3.8, 4) is 5.75 Å². The number of ether oxygens (including phenoxy) is 1. The molecule has 0 bridgehead atoms. The minimum atomic E-state index is -0.104. The normalized spacial score (nSPS) is 14.8. The second-order valence-corrected chi connectivity index (χ2v) is 5.64. The summed E-state index contributed by atoms with van der Waals surface area (Å²) >= 11 is 0. The van der Waals surface area contributed by atoms with Gasteiger partial charge in [-0.3, -0.25) is 4.79 Å². The van der Waals surface area contributed by atoms with Crippen molar-refractivity contribution in [2.45, 2.75) is 32.6 Å². The summed E-state index contributed by atoms with van der Waals surface area (Å²) < 4.78 is 5.52. The Bertz CT molecular complexity index is 475. The lowest BCUT2D eigenvalue weighted by Gasteiger charge is -2.26. The summed E-state index contributed by atoms with van der Waals surface area (Å²) in [5.74, 6) is 0.667. The number of nitrogens with one attached hydrogen (secondary N) is 1. The molecule has 1 heterocycles. The van der Waals surface area contributed by atoms with Gasteiger partial charge in [0.05, 0.1) is 5.69 Å². The summed E-state index contributed by atoms with van der Waals surface area (Å²) in [7, 11) is 0. The molecule has 1 amide bonds. The Morgan fingerprint density at radius 2 is 2.11 bits per heavy atom. The van der Waals surface area contributed by atoms with E-state index in [0.29, 0.717) is 6.54 Å². The molecule has 1 aliphatic heterocycles. The van der Waals surface area contributed by atoms with Crippen LogP contribution in [0.15, 0.2) is 12.1 Å². The summed E-state index contributed by atoms with van der Waals surface area (Å²) in [5.41, 5.74) is 8.68. The van der Waals surface area contributed by atoms with Gasteiger partial charge in [0.1, 0.15) is 5.75 Å². The Morgan fingerprint density at radius 3 is 2.72 bits per heavy atom. The highest BCUT2D eigenvalue weighted by atomic mass is 16.5. The Labute approximate surface area is 108 Å². The molecule has 3 N–H and O–H groups in total. The van der Waals surface area contributed by atoms with Gasteiger partial charge < -0.3 is 15.8 Å². The Hall–Kier alpha value is -1.55. The maximum Gasteiger partial charge on any atom is 0.262 e. The van der Waals surface area contributed by atoms with Crippen LogP contribution in [-0.2, 0) is 16.6 Å². The first kappa shape index (κ1) is 12.9. The molecular weight excluding hydrogens is 228 g/mol. The van der Waals surface area contributed by atoms with Crippen molar-refractivity contribution >= 4 is 11.6 Å². The molecule has 4 heteroatoms.